The van der Waals surface area contributed by atoms with E-state index in [0.29, 0.717) is 40.5 Å². The molecular formula is C22H21ClFN3O2. The summed E-state index contributed by atoms with van der Waals surface area (Å²) < 4.78 is 14.2. The number of rotatable bonds is 4. The van der Waals surface area contributed by atoms with Crippen LogP contribution < -0.4 is 0 Å². The lowest BCUT2D eigenvalue weighted by Crippen LogP contribution is -2.46. The second-order valence-electron chi connectivity index (χ2n) is 7.31. The van der Waals surface area contributed by atoms with E-state index < -0.39 is 11.7 Å². The first-order valence-corrected chi connectivity index (χ1v) is 9.87. The van der Waals surface area contributed by atoms with Crippen LogP contribution in [0.5, 0.6) is 0 Å². The normalized spacial score (nSPS) is 18.2. The lowest BCUT2D eigenvalue weighted by Gasteiger charge is -2.34. The molecule has 29 heavy (non-hydrogen) atoms. The molecule has 2 aromatic carbocycles. The van der Waals surface area contributed by atoms with Crippen molar-refractivity contribution in [1.82, 2.24) is 14.7 Å². The molecule has 0 unspecified atom stereocenters. The average Bonchev–Trinajstić information content (AvgIpc) is 2.96. The number of nitrogens with zero attached hydrogens (tertiary/aromatic N) is 3. The maximum atomic E-state index is 14.2. The Hall–Kier alpha value is -2.70. The van der Waals surface area contributed by atoms with E-state index in [9.17, 15) is 14.0 Å². The predicted octanol–water partition coefficient (Wildman–Crippen LogP) is 3.01. The maximum Gasteiger partial charge on any atom is 0.278 e. The van der Waals surface area contributed by atoms with E-state index in [0.717, 1.165) is 18.0 Å². The molecule has 0 atom stereocenters. The summed E-state index contributed by atoms with van der Waals surface area (Å²) in [7, 11) is 2.03. The molecule has 2 aromatic rings. The largest absolute Gasteiger partial charge is 0.364 e. The van der Waals surface area contributed by atoms with Crippen LogP contribution in [0.1, 0.15) is 11.1 Å². The summed E-state index contributed by atoms with van der Waals surface area (Å²) in [5, 5.41) is 0.551. The van der Waals surface area contributed by atoms with Crippen molar-refractivity contribution >= 4 is 29.0 Å². The second kappa shape index (κ2) is 7.97. The zero-order valence-corrected chi connectivity index (χ0v) is 16.8. The zero-order valence-electron chi connectivity index (χ0n) is 16.1. The van der Waals surface area contributed by atoms with Gasteiger partial charge in [0.1, 0.15) is 11.5 Å². The van der Waals surface area contributed by atoms with Gasteiger partial charge in [-0.2, -0.15) is 0 Å². The Morgan fingerprint density at radius 1 is 0.931 bits per heavy atom. The fourth-order valence-electron chi connectivity index (χ4n) is 3.70. The molecule has 0 aliphatic carbocycles. The first kappa shape index (κ1) is 19.6. The molecule has 150 valence electrons. The number of piperazine rings is 1. The fraction of sp³-hybridized carbons (Fsp3) is 0.273. The molecule has 7 heteroatoms. The molecule has 2 heterocycles. The molecule has 0 aromatic heterocycles. The number of carbonyl (C=O) groups is 2. The third-order valence-corrected chi connectivity index (χ3v) is 5.63. The number of imide groups is 1. The quantitative estimate of drug-likeness (QED) is 0.723. The van der Waals surface area contributed by atoms with Crippen molar-refractivity contribution < 1.29 is 14.0 Å². The topological polar surface area (TPSA) is 43.9 Å². The number of benzene rings is 2. The highest BCUT2D eigenvalue weighted by molar-refractivity contribution is 6.35. The Kier molecular flexibility index (Phi) is 5.39. The molecule has 2 amide bonds. The highest BCUT2D eigenvalue weighted by Gasteiger charge is 2.42. The van der Waals surface area contributed by atoms with Crippen LogP contribution in [-0.4, -0.2) is 59.7 Å². The van der Waals surface area contributed by atoms with Gasteiger partial charge in [0.25, 0.3) is 11.8 Å². The number of hydrogen-bond donors (Lipinski definition) is 0. The Bertz CT molecular complexity index is 982. The molecule has 1 fully saturated rings. The van der Waals surface area contributed by atoms with E-state index in [-0.39, 0.29) is 12.5 Å². The molecule has 1 saturated heterocycles. The van der Waals surface area contributed by atoms with E-state index in [4.69, 9.17) is 11.6 Å². The minimum Gasteiger partial charge on any atom is -0.364 e. The summed E-state index contributed by atoms with van der Waals surface area (Å²) in [5.74, 6) is -1.23. The Morgan fingerprint density at radius 2 is 1.59 bits per heavy atom. The predicted molar refractivity (Wildman–Crippen MR) is 109 cm³/mol. The first-order chi connectivity index (χ1) is 14.0. The van der Waals surface area contributed by atoms with E-state index in [1.807, 2.05) is 11.9 Å². The van der Waals surface area contributed by atoms with E-state index in [2.05, 4.69) is 4.90 Å². The van der Waals surface area contributed by atoms with Crippen LogP contribution in [0, 0.1) is 5.82 Å². The molecule has 0 spiro atoms. The van der Waals surface area contributed by atoms with Crippen LogP contribution in [0.2, 0.25) is 5.02 Å². The molecule has 0 radical (unpaired) electrons. The van der Waals surface area contributed by atoms with Gasteiger partial charge in [0.2, 0.25) is 0 Å². The van der Waals surface area contributed by atoms with Gasteiger partial charge in [-0.25, -0.2) is 4.39 Å². The Labute approximate surface area is 174 Å². The van der Waals surface area contributed by atoms with Gasteiger partial charge in [-0.05, 0) is 30.8 Å². The summed E-state index contributed by atoms with van der Waals surface area (Å²) in [6, 6.07) is 13.1. The van der Waals surface area contributed by atoms with Gasteiger partial charge in [0.05, 0.1) is 12.1 Å². The van der Waals surface area contributed by atoms with Crippen molar-refractivity contribution in [3.63, 3.8) is 0 Å². The van der Waals surface area contributed by atoms with Crippen LogP contribution in [0.25, 0.3) is 5.57 Å². The second-order valence-corrected chi connectivity index (χ2v) is 7.75. The van der Waals surface area contributed by atoms with Crippen LogP contribution >= 0.6 is 11.6 Å². The zero-order chi connectivity index (χ0) is 20.5. The number of likely N-dealkylation sites (N-methyl/N-ethyl adjacent to an activating group) is 1. The van der Waals surface area contributed by atoms with Crippen molar-refractivity contribution in [2.24, 2.45) is 0 Å². The summed E-state index contributed by atoms with van der Waals surface area (Å²) >= 11 is 6.00. The maximum absolute atomic E-state index is 14.2. The fourth-order valence-corrected chi connectivity index (χ4v) is 3.83. The van der Waals surface area contributed by atoms with Crippen molar-refractivity contribution in [1.29, 1.82) is 0 Å². The SMILES string of the molecule is CN1CCN(C2=C(c3ccc(Cl)cc3)C(=O)N(Cc3ccccc3F)C2=O)CC1. The van der Waals surface area contributed by atoms with Gasteiger partial charge in [0, 0.05) is 36.8 Å². The Morgan fingerprint density at radius 3 is 2.24 bits per heavy atom. The molecule has 0 bridgehead atoms. The summed E-state index contributed by atoms with van der Waals surface area (Å²) in [6.07, 6.45) is 0. The number of carbonyl (C=O) groups excluding carboxylic acids is 2. The summed E-state index contributed by atoms with van der Waals surface area (Å²) in [5.41, 5.74) is 1.69. The van der Waals surface area contributed by atoms with Crippen molar-refractivity contribution in [2.75, 3.05) is 33.2 Å². The molecule has 2 aliphatic rings. The standard InChI is InChI=1S/C22H21ClFN3O2/c1-25-10-12-26(13-11-25)20-19(15-6-8-17(23)9-7-15)21(28)27(22(20)29)14-16-4-2-3-5-18(16)24/h2-9H,10-14H2,1H3. The van der Waals surface area contributed by atoms with Gasteiger partial charge < -0.3 is 9.80 Å². The van der Waals surface area contributed by atoms with Gasteiger partial charge in [-0.3, -0.25) is 14.5 Å². The van der Waals surface area contributed by atoms with Gasteiger partial charge in [0.15, 0.2) is 0 Å². The van der Waals surface area contributed by atoms with Crippen LogP contribution in [-0.2, 0) is 16.1 Å². The molecule has 4 rings (SSSR count). The minimum atomic E-state index is -0.436. The minimum absolute atomic E-state index is 0.0985. The molecular weight excluding hydrogens is 393 g/mol. The Balaban J connectivity index is 1.73. The van der Waals surface area contributed by atoms with Gasteiger partial charge >= 0.3 is 0 Å². The van der Waals surface area contributed by atoms with Gasteiger partial charge in [-0.1, -0.05) is 41.9 Å². The van der Waals surface area contributed by atoms with Gasteiger partial charge in [-0.15, -0.1) is 0 Å². The number of hydrogen-bond acceptors (Lipinski definition) is 4. The molecule has 0 N–H and O–H groups in total. The van der Waals surface area contributed by atoms with Crippen LogP contribution in [0.3, 0.4) is 0 Å². The van der Waals surface area contributed by atoms with Crippen molar-refractivity contribution in [3.05, 3.63) is 76.2 Å². The highest BCUT2D eigenvalue weighted by atomic mass is 35.5. The lowest BCUT2D eigenvalue weighted by atomic mass is 10.0. The van der Waals surface area contributed by atoms with E-state index in [1.54, 1.807) is 42.5 Å². The lowest BCUT2D eigenvalue weighted by molar-refractivity contribution is -0.138. The van der Waals surface area contributed by atoms with E-state index >= 15 is 0 Å². The van der Waals surface area contributed by atoms with Crippen molar-refractivity contribution in [2.45, 2.75) is 6.54 Å². The third kappa shape index (κ3) is 3.78. The third-order valence-electron chi connectivity index (χ3n) is 5.38. The molecule has 0 saturated carbocycles. The van der Waals surface area contributed by atoms with Crippen molar-refractivity contribution in [3.8, 4) is 0 Å². The average molecular weight is 414 g/mol. The summed E-state index contributed by atoms with van der Waals surface area (Å²) in [6.45, 7) is 2.79. The number of amides is 2. The first-order valence-electron chi connectivity index (χ1n) is 9.49. The highest BCUT2D eigenvalue weighted by Crippen LogP contribution is 2.33. The molecule has 5 nitrogen and oxygen atoms in total. The molecule has 2 aliphatic heterocycles. The summed E-state index contributed by atoms with van der Waals surface area (Å²) in [4.78, 5) is 31.9. The van der Waals surface area contributed by atoms with E-state index in [1.165, 1.54) is 6.07 Å². The number of halogens is 2. The monoisotopic (exact) mass is 413 g/mol. The van der Waals surface area contributed by atoms with Crippen LogP contribution in [0.15, 0.2) is 54.2 Å². The smallest absolute Gasteiger partial charge is 0.278 e. The van der Waals surface area contributed by atoms with Crippen LogP contribution in [0.4, 0.5) is 4.39 Å².